The molecular formula is C17H25N3O2S. The zero-order valence-corrected chi connectivity index (χ0v) is 15.0. The first-order valence-electron chi connectivity index (χ1n) is 7.82. The first-order valence-corrected chi connectivity index (χ1v) is 8.64. The van der Waals surface area contributed by atoms with E-state index in [4.69, 9.17) is 4.74 Å². The van der Waals surface area contributed by atoms with Gasteiger partial charge >= 0.3 is 0 Å². The van der Waals surface area contributed by atoms with Crippen molar-refractivity contribution in [1.82, 2.24) is 15.2 Å². The first kappa shape index (κ1) is 17.8. The van der Waals surface area contributed by atoms with E-state index in [-0.39, 0.29) is 17.9 Å². The topological polar surface area (TPSA) is 54.5 Å². The Morgan fingerprint density at radius 3 is 2.83 bits per heavy atom. The molecule has 0 unspecified atom stereocenters. The molecule has 0 aliphatic rings. The van der Waals surface area contributed by atoms with Gasteiger partial charge in [-0.2, -0.15) is 0 Å². The van der Waals surface area contributed by atoms with Crippen LogP contribution < -0.4 is 5.32 Å². The highest BCUT2D eigenvalue weighted by molar-refractivity contribution is 7.18. The summed E-state index contributed by atoms with van der Waals surface area (Å²) in [7, 11) is 3.60. The van der Waals surface area contributed by atoms with E-state index in [0.29, 0.717) is 19.7 Å². The van der Waals surface area contributed by atoms with Crippen molar-refractivity contribution in [2.75, 3.05) is 33.9 Å². The summed E-state index contributed by atoms with van der Waals surface area (Å²) in [5.74, 6) is 0.237. The number of fused-ring (bicyclic) bond motifs is 1. The first-order chi connectivity index (χ1) is 11.0. The van der Waals surface area contributed by atoms with Crippen molar-refractivity contribution in [3.8, 4) is 0 Å². The lowest BCUT2D eigenvalue weighted by atomic mass is 10.2. The number of likely N-dealkylation sites (N-methyl/N-ethyl adjacent to an activating group) is 1. The standard InChI is InChI=1S/C17H25N3O2S/c1-12(17-19-14-7-5-6-8-15(14)23-17)9-18-16(21)10-20(3)13(2)11-22-4/h5-8,12-13H,9-11H2,1-4H3,(H,18,21)/t12-,13+/m0/s1. The van der Waals surface area contributed by atoms with Crippen LogP contribution in [0.15, 0.2) is 24.3 Å². The molecule has 1 N–H and O–H groups in total. The Labute approximate surface area is 141 Å². The van der Waals surface area contributed by atoms with Crippen molar-refractivity contribution in [1.29, 1.82) is 0 Å². The lowest BCUT2D eigenvalue weighted by Crippen LogP contribution is -2.41. The highest BCUT2D eigenvalue weighted by atomic mass is 32.1. The summed E-state index contributed by atoms with van der Waals surface area (Å²) in [6.45, 7) is 5.73. The molecule has 0 spiro atoms. The van der Waals surface area contributed by atoms with Gasteiger partial charge in [0.1, 0.15) is 0 Å². The van der Waals surface area contributed by atoms with Crippen LogP contribution in [0.25, 0.3) is 10.2 Å². The molecule has 2 atom stereocenters. The van der Waals surface area contributed by atoms with Gasteiger partial charge in [-0.3, -0.25) is 9.69 Å². The molecule has 1 aromatic heterocycles. The molecule has 5 nitrogen and oxygen atoms in total. The van der Waals surface area contributed by atoms with Crippen LogP contribution in [-0.4, -0.2) is 55.7 Å². The largest absolute Gasteiger partial charge is 0.383 e. The molecule has 6 heteroatoms. The maximum absolute atomic E-state index is 12.1. The van der Waals surface area contributed by atoms with Crippen LogP contribution in [0, 0.1) is 0 Å². The van der Waals surface area contributed by atoms with Gasteiger partial charge in [0.25, 0.3) is 0 Å². The summed E-state index contributed by atoms with van der Waals surface area (Å²) in [5, 5.41) is 4.06. The number of aromatic nitrogens is 1. The second-order valence-corrected chi connectivity index (χ2v) is 7.01. The molecule has 126 valence electrons. The monoisotopic (exact) mass is 335 g/mol. The molecule has 0 radical (unpaired) electrons. The Morgan fingerprint density at radius 2 is 2.13 bits per heavy atom. The number of carbonyl (C=O) groups excluding carboxylic acids is 1. The maximum Gasteiger partial charge on any atom is 0.234 e. The zero-order valence-electron chi connectivity index (χ0n) is 14.2. The summed E-state index contributed by atoms with van der Waals surface area (Å²) in [4.78, 5) is 18.7. The van der Waals surface area contributed by atoms with E-state index >= 15 is 0 Å². The normalized spacial score (nSPS) is 14.1. The summed E-state index contributed by atoms with van der Waals surface area (Å²) in [6.07, 6.45) is 0. The molecule has 2 aromatic rings. The molecule has 0 fully saturated rings. The number of amides is 1. The second-order valence-electron chi connectivity index (χ2n) is 5.94. The van der Waals surface area contributed by atoms with Crippen molar-refractivity contribution in [3.63, 3.8) is 0 Å². The number of hydrogen-bond acceptors (Lipinski definition) is 5. The quantitative estimate of drug-likeness (QED) is 0.805. The van der Waals surface area contributed by atoms with Gasteiger partial charge in [0.15, 0.2) is 0 Å². The van der Waals surface area contributed by atoms with E-state index in [2.05, 4.69) is 23.3 Å². The minimum absolute atomic E-state index is 0.0309. The minimum atomic E-state index is 0.0309. The van der Waals surface area contributed by atoms with E-state index < -0.39 is 0 Å². The van der Waals surface area contributed by atoms with E-state index in [9.17, 15) is 4.79 Å². The zero-order chi connectivity index (χ0) is 16.8. The number of methoxy groups -OCH3 is 1. The number of carbonyl (C=O) groups is 1. The number of para-hydroxylation sites is 1. The molecule has 23 heavy (non-hydrogen) atoms. The lowest BCUT2D eigenvalue weighted by Gasteiger charge is -2.23. The molecule has 0 saturated carbocycles. The highest BCUT2D eigenvalue weighted by Gasteiger charge is 2.15. The Morgan fingerprint density at radius 1 is 1.39 bits per heavy atom. The predicted octanol–water partition coefficient (Wildman–Crippen LogP) is 2.48. The third-order valence-electron chi connectivity index (χ3n) is 3.89. The van der Waals surface area contributed by atoms with Gasteiger partial charge in [-0.05, 0) is 26.1 Å². The molecule has 0 aliphatic carbocycles. The summed E-state index contributed by atoms with van der Waals surface area (Å²) in [5.41, 5.74) is 1.03. The van der Waals surface area contributed by atoms with Gasteiger partial charge in [-0.1, -0.05) is 19.1 Å². The molecule has 0 saturated heterocycles. The van der Waals surface area contributed by atoms with E-state index in [1.807, 2.05) is 37.1 Å². The Bertz CT molecular complexity index is 611. The third kappa shape index (κ3) is 4.99. The van der Waals surface area contributed by atoms with E-state index in [0.717, 1.165) is 10.5 Å². The van der Waals surface area contributed by atoms with Gasteiger partial charge in [0, 0.05) is 25.6 Å². The van der Waals surface area contributed by atoms with Gasteiger partial charge < -0.3 is 10.1 Å². The Kier molecular flexibility index (Phi) is 6.50. The number of thiazole rings is 1. The number of nitrogens with one attached hydrogen (secondary N) is 1. The van der Waals surface area contributed by atoms with Gasteiger partial charge in [-0.25, -0.2) is 4.98 Å². The predicted molar refractivity (Wildman–Crippen MR) is 95.0 cm³/mol. The number of nitrogens with zero attached hydrogens (tertiary/aromatic N) is 2. The molecular weight excluding hydrogens is 310 g/mol. The summed E-state index contributed by atoms with van der Waals surface area (Å²) < 4.78 is 6.30. The second kappa shape index (κ2) is 8.38. The van der Waals surface area contributed by atoms with Crippen LogP contribution >= 0.6 is 11.3 Å². The maximum atomic E-state index is 12.1. The molecule has 2 rings (SSSR count). The van der Waals surface area contributed by atoms with Crippen molar-refractivity contribution in [3.05, 3.63) is 29.3 Å². The van der Waals surface area contributed by atoms with Crippen LogP contribution in [0.3, 0.4) is 0 Å². The van der Waals surface area contributed by atoms with Crippen LogP contribution in [-0.2, 0) is 9.53 Å². The van der Waals surface area contributed by atoms with Crippen LogP contribution in [0.1, 0.15) is 24.8 Å². The summed E-state index contributed by atoms with van der Waals surface area (Å²) >= 11 is 1.69. The fourth-order valence-electron chi connectivity index (χ4n) is 2.26. The van der Waals surface area contributed by atoms with Crippen molar-refractivity contribution >= 4 is 27.5 Å². The van der Waals surface area contributed by atoms with Crippen molar-refractivity contribution in [2.24, 2.45) is 0 Å². The average Bonchev–Trinajstić information content (AvgIpc) is 2.96. The minimum Gasteiger partial charge on any atom is -0.383 e. The van der Waals surface area contributed by atoms with E-state index in [1.165, 1.54) is 4.70 Å². The Balaban J connectivity index is 1.83. The molecule has 0 aliphatic heterocycles. The number of rotatable bonds is 8. The van der Waals surface area contributed by atoms with Crippen molar-refractivity contribution < 1.29 is 9.53 Å². The highest BCUT2D eigenvalue weighted by Crippen LogP contribution is 2.26. The number of hydrogen-bond donors (Lipinski definition) is 1. The Hall–Kier alpha value is -1.50. The SMILES string of the molecule is COC[C@@H](C)N(C)CC(=O)NC[C@H](C)c1nc2ccccc2s1. The lowest BCUT2D eigenvalue weighted by molar-refractivity contribution is -0.122. The fraction of sp³-hybridized carbons (Fsp3) is 0.529. The molecule has 0 bridgehead atoms. The average molecular weight is 335 g/mol. The van der Waals surface area contributed by atoms with Crippen LogP contribution in [0.5, 0.6) is 0 Å². The molecule has 1 amide bonds. The third-order valence-corrected chi connectivity index (χ3v) is 5.16. The van der Waals surface area contributed by atoms with Crippen LogP contribution in [0.4, 0.5) is 0 Å². The number of benzene rings is 1. The smallest absolute Gasteiger partial charge is 0.234 e. The molecule has 1 heterocycles. The van der Waals surface area contributed by atoms with Gasteiger partial charge in [-0.15, -0.1) is 11.3 Å². The fourth-order valence-corrected chi connectivity index (χ4v) is 3.28. The number of ether oxygens (including phenoxy) is 1. The van der Waals surface area contributed by atoms with Crippen molar-refractivity contribution in [2.45, 2.75) is 25.8 Å². The van der Waals surface area contributed by atoms with E-state index in [1.54, 1.807) is 18.4 Å². The van der Waals surface area contributed by atoms with Crippen LogP contribution in [0.2, 0.25) is 0 Å². The molecule has 1 aromatic carbocycles. The van der Waals surface area contributed by atoms with Gasteiger partial charge in [0.05, 0.1) is 28.4 Å². The van der Waals surface area contributed by atoms with Gasteiger partial charge in [0.2, 0.25) is 5.91 Å². The summed E-state index contributed by atoms with van der Waals surface area (Å²) in [6, 6.07) is 8.33.